The summed E-state index contributed by atoms with van der Waals surface area (Å²) < 4.78 is 5.45. The number of hydrogen-bond acceptors (Lipinski definition) is 4. The summed E-state index contributed by atoms with van der Waals surface area (Å²) in [6, 6.07) is 14.4. The number of hydrogen-bond donors (Lipinski definition) is 3. The number of nitrogens with one attached hydrogen (secondary N) is 3. The van der Waals surface area contributed by atoms with Crippen LogP contribution in [0.25, 0.3) is 0 Å². The molecule has 0 heterocycles. The number of amides is 2. The molecule has 0 atom stereocenters. The van der Waals surface area contributed by atoms with Crippen LogP contribution in [-0.4, -0.2) is 25.0 Å². The van der Waals surface area contributed by atoms with Crippen LogP contribution in [0.1, 0.15) is 19.8 Å². The lowest BCUT2D eigenvalue weighted by Crippen LogP contribution is -2.21. The van der Waals surface area contributed by atoms with Gasteiger partial charge in [0, 0.05) is 29.5 Å². The molecule has 6 nitrogen and oxygen atoms in total. The van der Waals surface area contributed by atoms with Crippen LogP contribution in [0.2, 0.25) is 0 Å². The first-order chi connectivity index (χ1) is 13.1. The fraction of sp³-hybridized carbons (Fsp3) is 0.238. The van der Waals surface area contributed by atoms with Gasteiger partial charge in [-0.1, -0.05) is 31.7 Å². The van der Waals surface area contributed by atoms with Gasteiger partial charge in [-0.25, -0.2) is 0 Å². The van der Waals surface area contributed by atoms with Gasteiger partial charge in [0.15, 0.2) is 0 Å². The smallest absolute Gasteiger partial charge is 0.243 e. The molecule has 6 heteroatoms. The minimum Gasteiger partial charge on any atom is -0.489 e. The highest BCUT2D eigenvalue weighted by Gasteiger charge is 2.05. The lowest BCUT2D eigenvalue weighted by atomic mass is 10.2. The average Bonchev–Trinajstić information content (AvgIpc) is 2.65. The lowest BCUT2D eigenvalue weighted by Gasteiger charge is -2.11. The zero-order valence-electron chi connectivity index (χ0n) is 15.5. The van der Waals surface area contributed by atoms with E-state index in [0.717, 1.165) is 12.1 Å². The molecule has 3 N–H and O–H groups in total. The van der Waals surface area contributed by atoms with Crippen LogP contribution >= 0.6 is 0 Å². The predicted molar refractivity (Wildman–Crippen MR) is 109 cm³/mol. The van der Waals surface area contributed by atoms with E-state index in [2.05, 4.69) is 22.5 Å². The molecule has 0 fully saturated rings. The summed E-state index contributed by atoms with van der Waals surface area (Å²) in [6.45, 7) is 6.07. The first-order valence-corrected chi connectivity index (χ1v) is 8.88. The van der Waals surface area contributed by atoms with Crippen molar-refractivity contribution in [1.29, 1.82) is 0 Å². The third kappa shape index (κ3) is 7.23. The normalized spacial score (nSPS) is 9.96. The SMILES string of the molecule is C=CCOc1cccc(NC(=O)CNc2cccc(NC(=O)CCC)c2)c1. The van der Waals surface area contributed by atoms with Gasteiger partial charge in [-0.3, -0.25) is 9.59 Å². The third-order valence-electron chi connectivity index (χ3n) is 3.56. The van der Waals surface area contributed by atoms with E-state index < -0.39 is 0 Å². The number of anilines is 3. The Morgan fingerprint density at radius 3 is 2.41 bits per heavy atom. The second-order valence-corrected chi connectivity index (χ2v) is 5.91. The summed E-state index contributed by atoms with van der Waals surface area (Å²) in [5, 5.41) is 8.70. The van der Waals surface area contributed by atoms with Crippen molar-refractivity contribution in [2.24, 2.45) is 0 Å². The number of carbonyl (C=O) groups excluding carboxylic acids is 2. The van der Waals surface area contributed by atoms with Crippen LogP contribution in [0.3, 0.4) is 0 Å². The molecule has 2 amide bonds. The maximum Gasteiger partial charge on any atom is 0.243 e. The molecular formula is C21H25N3O3. The highest BCUT2D eigenvalue weighted by molar-refractivity contribution is 5.94. The molecule has 2 aromatic carbocycles. The van der Waals surface area contributed by atoms with Gasteiger partial charge in [-0.15, -0.1) is 0 Å². The van der Waals surface area contributed by atoms with E-state index in [4.69, 9.17) is 4.74 Å². The molecule has 0 aliphatic carbocycles. The Balaban J connectivity index is 1.86. The molecule has 0 spiro atoms. The van der Waals surface area contributed by atoms with Crippen molar-refractivity contribution in [3.8, 4) is 5.75 Å². The van der Waals surface area contributed by atoms with Crippen LogP contribution in [0, 0.1) is 0 Å². The Morgan fingerprint density at radius 1 is 1.00 bits per heavy atom. The summed E-state index contributed by atoms with van der Waals surface area (Å²) in [6.07, 6.45) is 2.94. The number of benzene rings is 2. The minimum absolute atomic E-state index is 0.0223. The van der Waals surface area contributed by atoms with Crippen molar-refractivity contribution in [3.05, 3.63) is 61.2 Å². The largest absolute Gasteiger partial charge is 0.489 e. The van der Waals surface area contributed by atoms with Gasteiger partial charge in [-0.2, -0.15) is 0 Å². The minimum atomic E-state index is -0.184. The summed E-state index contributed by atoms with van der Waals surface area (Å²) in [5.41, 5.74) is 2.11. The fourth-order valence-corrected chi connectivity index (χ4v) is 2.36. The molecule has 0 aliphatic rings. The van der Waals surface area contributed by atoms with Crippen LogP contribution < -0.4 is 20.7 Å². The monoisotopic (exact) mass is 367 g/mol. The second-order valence-electron chi connectivity index (χ2n) is 5.91. The van der Waals surface area contributed by atoms with Crippen molar-refractivity contribution in [1.82, 2.24) is 0 Å². The van der Waals surface area contributed by atoms with Crippen LogP contribution in [0.5, 0.6) is 5.75 Å². The maximum absolute atomic E-state index is 12.2. The second kappa shape index (κ2) is 10.7. The van der Waals surface area contributed by atoms with Gasteiger partial charge in [0.2, 0.25) is 11.8 Å². The van der Waals surface area contributed by atoms with Gasteiger partial charge < -0.3 is 20.7 Å². The van der Waals surface area contributed by atoms with Crippen LogP contribution in [0.4, 0.5) is 17.1 Å². The predicted octanol–water partition coefficient (Wildman–Crippen LogP) is 4.04. The van der Waals surface area contributed by atoms with Crippen LogP contribution in [-0.2, 0) is 9.59 Å². The van der Waals surface area contributed by atoms with Crippen molar-refractivity contribution in [2.45, 2.75) is 19.8 Å². The van der Waals surface area contributed by atoms with Gasteiger partial charge in [0.1, 0.15) is 12.4 Å². The number of carbonyl (C=O) groups is 2. The average molecular weight is 367 g/mol. The van der Waals surface area contributed by atoms with E-state index >= 15 is 0 Å². The molecule has 0 saturated carbocycles. The van der Waals surface area contributed by atoms with E-state index in [9.17, 15) is 9.59 Å². The number of ether oxygens (including phenoxy) is 1. The molecule has 0 radical (unpaired) electrons. The molecule has 0 aliphatic heterocycles. The first-order valence-electron chi connectivity index (χ1n) is 8.88. The Labute approximate surface area is 159 Å². The molecule has 2 aromatic rings. The summed E-state index contributed by atoms with van der Waals surface area (Å²) in [5.74, 6) is 0.457. The highest BCUT2D eigenvalue weighted by atomic mass is 16.5. The molecule has 0 saturated heterocycles. The van der Waals surface area contributed by atoms with Gasteiger partial charge in [0.25, 0.3) is 0 Å². The van der Waals surface area contributed by atoms with E-state index in [1.807, 2.05) is 37.3 Å². The lowest BCUT2D eigenvalue weighted by molar-refractivity contribution is -0.116. The van der Waals surface area contributed by atoms with E-state index in [-0.39, 0.29) is 18.4 Å². The fourth-order valence-electron chi connectivity index (χ4n) is 2.36. The Hall–Kier alpha value is -3.28. The maximum atomic E-state index is 12.2. The van der Waals surface area contributed by atoms with Crippen molar-refractivity contribution < 1.29 is 14.3 Å². The third-order valence-corrected chi connectivity index (χ3v) is 3.56. The van der Waals surface area contributed by atoms with Crippen molar-refractivity contribution in [2.75, 3.05) is 29.1 Å². The molecule has 0 unspecified atom stereocenters. The Bertz CT molecular complexity index is 790. The van der Waals surface area contributed by atoms with E-state index in [0.29, 0.717) is 30.2 Å². The Kier molecular flexibility index (Phi) is 7.91. The van der Waals surface area contributed by atoms with Crippen LogP contribution in [0.15, 0.2) is 61.2 Å². The number of rotatable bonds is 10. The summed E-state index contributed by atoms with van der Waals surface area (Å²) in [4.78, 5) is 23.8. The summed E-state index contributed by atoms with van der Waals surface area (Å²) >= 11 is 0. The van der Waals surface area contributed by atoms with Gasteiger partial charge >= 0.3 is 0 Å². The molecule has 0 bridgehead atoms. The zero-order chi connectivity index (χ0) is 19.5. The van der Waals surface area contributed by atoms with Crippen molar-refractivity contribution in [3.63, 3.8) is 0 Å². The summed E-state index contributed by atoms with van der Waals surface area (Å²) in [7, 11) is 0. The molecule has 0 aromatic heterocycles. The topological polar surface area (TPSA) is 79.5 Å². The van der Waals surface area contributed by atoms with E-state index in [1.54, 1.807) is 24.3 Å². The molecule has 2 rings (SSSR count). The van der Waals surface area contributed by atoms with E-state index in [1.165, 1.54) is 0 Å². The standard InChI is InChI=1S/C21H25N3O3/c1-3-7-20(25)23-17-9-5-8-16(13-17)22-15-21(26)24-18-10-6-11-19(14-18)27-12-4-2/h4-6,8-11,13-14,22H,2-3,7,12,15H2,1H3,(H,23,25)(H,24,26). The molecular weight excluding hydrogens is 342 g/mol. The zero-order valence-corrected chi connectivity index (χ0v) is 15.5. The Morgan fingerprint density at radius 2 is 1.67 bits per heavy atom. The quantitative estimate of drug-likeness (QED) is 0.554. The highest BCUT2D eigenvalue weighted by Crippen LogP contribution is 2.18. The molecule has 142 valence electrons. The molecule has 27 heavy (non-hydrogen) atoms. The van der Waals surface area contributed by atoms with Crippen molar-refractivity contribution >= 4 is 28.9 Å². The first kappa shape index (κ1) is 20.0. The van der Waals surface area contributed by atoms with Gasteiger partial charge in [-0.05, 0) is 36.8 Å². The van der Waals surface area contributed by atoms with Gasteiger partial charge in [0.05, 0.1) is 6.54 Å².